The van der Waals surface area contributed by atoms with E-state index in [2.05, 4.69) is 15.7 Å². The molecule has 1 aliphatic heterocycles. The summed E-state index contributed by atoms with van der Waals surface area (Å²) >= 11 is 0. The Labute approximate surface area is 167 Å². The minimum Gasteiger partial charge on any atom is -0.349 e. The average Bonchev–Trinajstić information content (AvgIpc) is 3.10. The number of amides is 2. The average molecular weight is 392 g/mol. The Morgan fingerprint density at radius 1 is 1.24 bits per heavy atom. The van der Waals surface area contributed by atoms with E-state index >= 15 is 0 Å². The second kappa shape index (κ2) is 7.87. The lowest BCUT2D eigenvalue weighted by molar-refractivity contribution is -0.123. The number of nitrogens with one attached hydrogen (secondary N) is 2. The van der Waals surface area contributed by atoms with Gasteiger partial charge in [-0.15, -0.1) is 0 Å². The van der Waals surface area contributed by atoms with Crippen LogP contribution in [-0.2, 0) is 4.79 Å². The second-order valence-corrected chi connectivity index (χ2v) is 7.14. The van der Waals surface area contributed by atoms with Crippen LogP contribution in [0.5, 0.6) is 0 Å². The Morgan fingerprint density at radius 3 is 2.86 bits per heavy atom. The Kier molecular flexibility index (Phi) is 5.12. The summed E-state index contributed by atoms with van der Waals surface area (Å²) in [5.41, 5.74) is 3.10. The Balaban J connectivity index is 1.53. The van der Waals surface area contributed by atoms with Crippen LogP contribution < -0.4 is 10.6 Å². The third kappa shape index (κ3) is 4.18. The van der Waals surface area contributed by atoms with Crippen molar-refractivity contribution in [1.82, 2.24) is 15.1 Å². The largest absolute Gasteiger partial charge is 0.349 e. The van der Waals surface area contributed by atoms with Gasteiger partial charge >= 0.3 is 0 Å². The van der Waals surface area contributed by atoms with Crippen molar-refractivity contribution in [3.8, 4) is 5.69 Å². The molecule has 2 amide bonds. The van der Waals surface area contributed by atoms with Crippen molar-refractivity contribution >= 4 is 17.5 Å². The smallest absolute Gasteiger partial charge is 0.259 e. The predicted octanol–water partition coefficient (Wildman–Crippen LogP) is 3.91. The van der Waals surface area contributed by atoms with Crippen LogP contribution in [0.15, 0.2) is 54.7 Å². The van der Waals surface area contributed by atoms with Crippen LogP contribution in [-0.4, -0.2) is 21.6 Å². The standard InChI is InChI=1S/C22H21FN4O2/c1-14-19(13-27(26-14)18-8-3-6-16(23)12-18)22(29)24-17-7-2-5-15(11-17)20-9-4-10-21(28)25-20/h2-3,5-8,11-13,20H,4,9-10H2,1H3,(H,24,29)(H,25,28). The molecule has 6 nitrogen and oxygen atoms in total. The fourth-order valence-corrected chi connectivity index (χ4v) is 3.52. The molecule has 2 aromatic carbocycles. The molecule has 1 fully saturated rings. The third-order valence-corrected chi connectivity index (χ3v) is 4.99. The highest BCUT2D eigenvalue weighted by molar-refractivity contribution is 6.05. The molecule has 2 heterocycles. The second-order valence-electron chi connectivity index (χ2n) is 7.14. The molecule has 1 saturated heterocycles. The van der Waals surface area contributed by atoms with E-state index in [9.17, 15) is 14.0 Å². The predicted molar refractivity (Wildman–Crippen MR) is 107 cm³/mol. The summed E-state index contributed by atoms with van der Waals surface area (Å²) in [6.07, 6.45) is 3.88. The maximum atomic E-state index is 13.5. The first-order chi connectivity index (χ1) is 14.0. The molecular weight excluding hydrogens is 371 g/mol. The molecule has 0 spiro atoms. The van der Waals surface area contributed by atoms with E-state index < -0.39 is 0 Å². The molecule has 148 valence electrons. The number of carbonyl (C=O) groups excluding carboxylic acids is 2. The number of benzene rings is 2. The van der Waals surface area contributed by atoms with E-state index in [1.165, 1.54) is 16.8 Å². The van der Waals surface area contributed by atoms with Gasteiger partial charge in [-0.25, -0.2) is 9.07 Å². The van der Waals surface area contributed by atoms with Crippen molar-refractivity contribution in [3.05, 3.63) is 77.4 Å². The number of piperidine rings is 1. The van der Waals surface area contributed by atoms with Crippen molar-refractivity contribution in [2.75, 3.05) is 5.32 Å². The van der Waals surface area contributed by atoms with Gasteiger partial charge < -0.3 is 10.6 Å². The summed E-state index contributed by atoms with van der Waals surface area (Å²) in [4.78, 5) is 24.4. The van der Waals surface area contributed by atoms with Crippen LogP contribution in [0.4, 0.5) is 10.1 Å². The zero-order valence-corrected chi connectivity index (χ0v) is 16.0. The van der Waals surface area contributed by atoms with E-state index in [4.69, 9.17) is 0 Å². The van der Waals surface area contributed by atoms with Crippen molar-refractivity contribution in [2.45, 2.75) is 32.2 Å². The Morgan fingerprint density at radius 2 is 2.07 bits per heavy atom. The summed E-state index contributed by atoms with van der Waals surface area (Å²) in [5.74, 6) is -0.612. The van der Waals surface area contributed by atoms with E-state index in [0.717, 1.165) is 18.4 Å². The monoisotopic (exact) mass is 392 g/mol. The van der Waals surface area contributed by atoms with Gasteiger partial charge in [0.25, 0.3) is 5.91 Å². The van der Waals surface area contributed by atoms with Gasteiger partial charge in [0.15, 0.2) is 0 Å². The Hall–Kier alpha value is -3.48. The first kappa shape index (κ1) is 18.9. The number of halogens is 1. The highest BCUT2D eigenvalue weighted by Gasteiger charge is 2.20. The topological polar surface area (TPSA) is 76.0 Å². The number of hydrogen-bond donors (Lipinski definition) is 2. The van der Waals surface area contributed by atoms with Gasteiger partial charge in [-0.05, 0) is 55.7 Å². The van der Waals surface area contributed by atoms with Crippen molar-refractivity contribution in [2.24, 2.45) is 0 Å². The number of carbonyl (C=O) groups is 2. The minimum absolute atomic E-state index is 0.0365. The minimum atomic E-state index is -0.367. The number of anilines is 1. The van der Waals surface area contributed by atoms with Gasteiger partial charge in [0.1, 0.15) is 5.82 Å². The van der Waals surface area contributed by atoms with Gasteiger partial charge in [-0.1, -0.05) is 18.2 Å². The number of nitrogens with zero attached hydrogens (tertiary/aromatic N) is 2. The molecule has 0 radical (unpaired) electrons. The van der Waals surface area contributed by atoms with Crippen LogP contribution in [0.2, 0.25) is 0 Å². The molecule has 0 saturated carbocycles. The molecule has 3 aromatic rings. The zero-order valence-electron chi connectivity index (χ0n) is 16.0. The maximum absolute atomic E-state index is 13.5. The van der Waals surface area contributed by atoms with Gasteiger partial charge in [-0.3, -0.25) is 9.59 Å². The molecule has 1 atom stereocenters. The molecule has 0 aliphatic carbocycles. The number of hydrogen-bond acceptors (Lipinski definition) is 3. The van der Waals surface area contributed by atoms with Crippen LogP contribution in [0.1, 0.15) is 46.9 Å². The van der Waals surface area contributed by atoms with Crippen LogP contribution in [0, 0.1) is 12.7 Å². The molecule has 4 rings (SSSR count). The Bertz CT molecular complexity index is 1080. The number of rotatable bonds is 4. The lowest BCUT2D eigenvalue weighted by atomic mass is 9.97. The SMILES string of the molecule is Cc1nn(-c2cccc(F)c2)cc1C(=O)Nc1cccc(C2CCCC(=O)N2)c1. The summed E-state index contributed by atoms with van der Waals surface area (Å²) in [5, 5.41) is 10.2. The summed E-state index contributed by atoms with van der Waals surface area (Å²) in [6.45, 7) is 1.73. The normalized spacial score (nSPS) is 16.3. The van der Waals surface area contributed by atoms with Crippen molar-refractivity contribution < 1.29 is 14.0 Å². The molecule has 1 aliphatic rings. The zero-order chi connectivity index (χ0) is 20.4. The van der Waals surface area contributed by atoms with Crippen molar-refractivity contribution in [1.29, 1.82) is 0 Å². The molecule has 2 N–H and O–H groups in total. The molecular formula is C22H21FN4O2. The number of aryl methyl sites for hydroxylation is 1. The quantitative estimate of drug-likeness (QED) is 0.707. The summed E-state index contributed by atoms with van der Waals surface area (Å²) < 4.78 is 15.0. The molecule has 29 heavy (non-hydrogen) atoms. The van der Waals surface area contributed by atoms with Gasteiger partial charge in [0, 0.05) is 18.3 Å². The van der Waals surface area contributed by atoms with Crippen LogP contribution in [0.3, 0.4) is 0 Å². The molecule has 1 aromatic heterocycles. The fourth-order valence-electron chi connectivity index (χ4n) is 3.52. The lowest BCUT2D eigenvalue weighted by Crippen LogP contribution is -2.32. The van der Waals surface area contributed by atoms with Gasteiger partial charge in [-0.2, -0.15) is 5.10 Å². The van der Waals surface area contributed by atoms with E-state index in [1.54, 1.807) is 31.3 Å². The highest BCUT2D eigenvalue weighted by atomic mass is 19.1. The first-order valence-corrected chi connectivity index (χ1v) is 9.52. The van der Waals surface area contributed by atoms with E-state index in [1.807, 2.05) is 18.2 Å². The van der Waals surface area contributed by atoms with Crippen LogP contribution >= 0.6 is 0 Å². The van der Waals surface area contributed by atoms with E-state index in [0.29, 0.717) is 29.1 Å². The third-order valence-electron chi connectivity index (χ3n) is 4.99. The van der Waals surface area contributed by atoms with Crippen molar-refractivity contribution in [3.63, 3.8) is 0 Å². The molecule has 0 bridgehead atoms. The fraction of sp³-hybridized carbons (Fsp3) is 0.227. The first-order valence-electron chi connectivity index (χ1n) is 9.52. The molecule has 1 unspecified atom stereocenters. The van der Waals surface area contributed by atoms with Crippen LogP contribution in [0.25, 0.3) is 5.69 Å². The van der Waals surface area contributed by atoms with E-state index in [-0.39, 0.29) is 23.7 Å². The lowest BCUT2D eigenvalue weighted by Gasteiger charge is -2.24. The molecule has 7 heteroatoms. The maximum Gasteiger partial charge on any atom is 0.259 e. The highest BCUT2D eigenvalue weighted by Crippen LogP contribution is 2.26. The summed E-state index contributed by atoms with van der Waals surface area (Å²) in [7, 11) is 0. The van der Waals surface area contributed by atoms with Gasteiger partial charge in [0.2, 0.25) is 5.91 Å². The van der Waals surface area contributed by atoms with Gasteiger partial charge in [0.05, 0.1) is 23.0 Å². The summed E-state index contributed by atoms with van der Waals surface area (Å²) in [6, 6.07) is 13.5. The number of aromatic nitrogens is 2.